The van der Waals surface area contributed by atoms with Gasteiger partial charge in [0.1, 0.15) is 6.54 Å². The number of hydrogen-bond acceptors (Lipinski definition) is 3. The molecule has 102 valence electrons. The van der Waals surface area contributed by atoms with E-state index >= 15 is 0 Å². The molecule has 1 heterocycles. The third kappa shape index (κ3) is 2.86. The molecule has 5 heteroatoms. The monoisotopic (exact) mass is 261 g/mol. The van der Waals surface area contributed by atoms with Gasteiger partial charge in [-0.3, -0.25) is 9.59 Å². The highest BCUT2D eigenvalue weighted by Gasteiger charge is 2.24. The van der Waals surface area contributed by atoms with Crippen LogP contribution in [0, 0.1) is 6.92 Å². The summed E-state index contributed by atoms with van der Waals surface area (Å²) in [6.45, 7) is 3.32. The second kappa shape index (κ2) is 5.30. The Labute approximate surface area is 113 Å². The molecule has 5 nitrogen and oxygen atoms in total. The van der Waals surface area contributed by atoms with E-state index in [2.05, 4.69) is 0 Å². The van der Waals surface area contributed by atoms with Gasteiger partial charge in [0.05, 0.1) is 0 Å². The Morgan fingerprint density at radius 3 is 2.74 bits per heavy atom. The summed E-state index contributed by atoms with van der Waals surface area (Å²) in [5, 5.41) is 0. The highest BCUT2D eigenvalue weighted by atomic mass is 16.2. The van der Waals surface area contributed by atoms with Gasteiger partial charge >= 0.3 is 0 Å². The Morgan fingerprint density at radius 2 is 2.05 bits per heavy atom. The number of rotatable bonds is 1. The van der Waals surface area contributed by atoms with Gasteiger partial charge in [0.15, 0.2) is 0 Å². The van der Waals surface area contributed by atoms with Crippen molar-refractivity contribution in [3.8, 4) is 0 Å². The fourth-order valence-corrected chi connectivity index (χ4v) is 2.26. The van der Waals surface area contributed by atoms with E-state index < -0.39 is 0 Å². The quantitative estimate of drug-likeness (QED) is 0.763. The van der Waals surface area contributed by atoms with Gasteiger partial charge in [0.2, 0.25) is 5.91 Å². The Balaban J connectivity index is 2.21. The number of hydrogen-bond donors (Lipinski definition) is 1. The zero-order chi connectivity index (χ0) is 14.0. The van der Waals surface area contributed by atoms with Crippen molar-refractivity contribution >= 4 is 17.5 Å². The van der Waals surface area contributed by atoms with Crippen LogP contribution in [0.3, 0.4) is 0 Å². The minimum absolute atomic E-state index is 0.0149. The molecule has 0 saturated carbocycles. The van der Waals surface area contributed by atoms with E-state index in [9.17, 15) is 9.59 Å². The highest BCUT2D eigenvalue weighted by molar-refractivity contribution is 5.98. The lowest BCUT2D eigenvalue weighted by molar-refractivity contribution is -0.129. The third-order valence-electron chi connectivity index (χ3n) is 3.44. The summed E-state index contributed by atoms with van der Waals surface area (Å²) in [6.07, 6.45) is 0.808. The van der Waals surface area contributed by atoms with E-state index in [-0.39, 0.29) is 18.4 Å². The maximum atomic E-state index is 12.5. The van der Waals surface area contributed by atoms with E-state index in [0.717, 1.165) is 12.0 Å². The molecule has 0 aromatic heterocycles. The van der Waals surface area contributed by atoms with Crippen LogP contribution in [0.1, 0.15) is 22.3 Å². The predicted octanol–water partition coefficient (Wildman–Crippen LogP) is 0.882. The first-order valence-corrected chi connectivity index (χ1v) is 6.38. The van der Waals surface area contributed by atoms with Gasteiger partial charge in [-0.05, 0) is 37.1 Å². The van der Waals surface area contributed by atoms with Crippen LogP contribution in [0.2, 0.25) is 0 Å². The summed E-state index contributed by atoms with van der Waals surface area (Å²) in [7, 11) is 1.77. The third-order valence-corrected chi connectivity index (χ3v) is 3.44. The molecule has 1 fully saturated rings. The van der Waals surface area contributed by atoms with Crippen molar-refractivity contribution in [2.75, 3.05) is 32.4 Å². The number of anilines is 1. The molecule has 2 rings (SSSR count). The van der Waals surface area contributed by atoms with Crippen molar-refractivity contribution in [3.63, 3.8) is 0 Å². The van der Waals surface area contributed by atoms with E-state index in [1.807, 2.05) is 6.92 Å². The first-order chi connectivity index (χ1) is 8.99. The second-order valence-corrected chi connectivity index (χ2v) is 4.97. The summed E-state index contributed by atoms with van der Waals surface area (Å²) in [5.41, 5.74) is 7.79. The van der Waals surface area contributed by atoms with Crippen LogP contribution < -0.4 is 5.73 Å². The van der Waals surface area contributed by atoms with Crippen LogP contribution in [-0.4, -0.2) is 48.3 Å². The number of nitrogens with zero attached hydrogens (tertiary/aromatic N) is 2. The maximum Gasteiger partial charge on any atom is 0.254 e. The molecule has 19 heavy (non-hydrogen) atoms. The first-order valence-electron chi connectivity index (χ1n) is 6.38. The smallest absolute Gasteiger partial charge is 0.254 e. The molecule has 1 saturated heterocycles. The van der Waals surface area contributed by atoms with Crippen LogP contribution in [0.15, 0.2) is 18.2 Å². The lowest BCUT2D eigenvalue weighted by Gasteiger charge is -2.20. The molecule has 0 unspecified atom stereocenters. The molecule has 1 aliphatic heterocycles. The first kappa shape index (κ1) is 13.4. The van der Waals surface area contributed by atoms with Crippen molar-refractivity contribution in [1.82, 2.24) is 9.80 Å². The fraction of sp³-hybridized carbons (Fsp3) is 0.429. The summed E-state index contributed by atoms with van der Waals surface area (Å²) >= 11 is 0. The molecule has 2 amide bonds. The molecule has 1 aromatic rings. The van der Waals surface area contributed by atoms with Crippen LogP contribution in [0.25, 0.3) is 0 Å². The zero-order valence-corrected chi connectivity index (χ0v) is 11.3. The van der Waals surface area contributed by atoms with Crippen molar-refractivity contribution in [2.45, 2.75) is 13.3 Å². The Bertz CT molecular complexity index is 513. The topological polar surface area (TPSA) is 66.6 Å². The average molecular weight is 261 g/mol. The molecule has 1 aliphatic rings. The molecular weight excluding hydrogens is 242 g/mol. The second-order valence-electron chi connectivity index (χ2n) is 4.97. The standard InChI is InChI=1S/C14H19N3O2/c1-10-8-11(15)4-5-12(10)14(19)17-7-3-6-16(2)13(18)9-17/h4-5,8H,3,6-7,9,15H2,1-2H3. The van der Waals surface area contributed by atoms with Crippen LogP contribution in [0.4, 0.5) is 5.69 Å². The van der Waals surface area contributed by atoms with Gasteiger partial charge < -0.3 is 15.5 Å². The lowest BCUT2D eigenvalue weighted by atomic mass is 10.1. The van der Waals surface area contributed by atoms with Gasteiger partial charge in [0, 0.05) is 31.4 Å². The molecule has 1 aromatic carbocycles. The van der Waals surface area contributed by atoms with E-state index in [4.69, 9.17) is 5.73 Å². The molecule has 0 radical (unpaired) electrons. The maximum absolute atomic E-state index is 12.5. The number of amides is 2. The zero-order valence-electron chi connectivity index (χ0n) is 11.3. The number of benzene rings is 1. The van der Waals surface area contributed by atoms with Gasteiger partial charge in [-0.15, -0.1) is 0 Å². The number of nitrogen functional groups attached to an aromatic ring is 1. The Kier molecular flexibility index (Phi) is 3.74. The molecule has 2 N–H and O–H groups in total. The number of likely N-dealkylation sites (N-methyl/N-ethyl adjacent to an activating group) is 1. The molecule has 0 aliphatic carbocycles. The van der Waals surface area contributed by atoms with E-state index in [1.165, 1.54) is 0 Å². The SMILES string of the molecule is Cc1cc(N)ccc1C(=O)N1CCCN(C)C(=O)C1. The van der Waals surface area contributed by atoms with Crippen LogP contribution in [0.5, 0.6) is 0 Å². The Morgan fingerprint density at radius 1 is 1.32 bits per heavy atom. The highest BCUT2D eigenvalue weighted by Crippen LogP contribution is 2.16. The molecular formula is C14H19N3O2. The molecule has 0 spiro atoms. The van der Waals surface area contributed by atoms with Crippen molar-refractivity contribution < 1.29 is 9.59 Å². The number of nitrogens with two attached hydrogens (primary N) is 1. The Hall–Kier alpha value is -2.04. The average Bonchev–Trinajstić information content (AvgIpc) is 2.51. The van der Waals surface area contributed by atoms with Gasteiger partial charge in [-0.1, -0.05) is 0 Å². The van der Waals surface area contributed by atoms with Crippen LogP contribution in [-0.2, 0) is 4.79 Å². The van der Waals surface area contributed by atoms with Gasteiger partial charge in [0.25, 0.3) is 5.91 Å². The number of aryl methyl sites for hydroxylation is 1. The van der Waals surface area contributed by atoms with Crippen molar-refractivity contribution in [1.29, 1.82) is 0 Å². The minimum Gasteiger partial charge on any atom is -0.399 e. The predicted molar refractivity (Wildman–Crippen MR) is 73.7 cm³/mol. The van der Waals surface area contributed by atoms with Crippen LogP contribution >= 0.6 is 0 Å². The summed E-state index contributed by atoms with van der Waals surface area (Å²) in [5.74, 6) is -0.111. The van der Waals surface area contributed by atoms with Gasteiger partial charge in [-0.25, -0.2) is 0 Å². The number of carbonyl (C=O) groups is 2. The van der Waals surface area contributed by atoms with Crippen molar-refractivity contribution in [3.05, 3.63) is 29.3 Å². The minimum atomic E-state index is -0.0962. The normalized spacial score (nSPS) is 16.4. The van der Waals surface area contributed by atoms with E-state index in [0.29, 0.717) is 24.3 Å². The lowest BCUT2D eigenvalue weighted by Crippen LogP contribution is -2.38. The largest absolute Gasteiger partial charge is 0.399 e. The van der Waals surface area contributed by atoms with Crippen molar-refractivity contribution in [2.24, 2.45) is 0 Å². The summed E-state index contributed by atoms with van der Waals surface area (Å²) < 4.78 is 0. The number of carbonyl (C=O) groups excluding carboxylic acids is 2. The summed E-state index contributed by atoms with van der Waals surface area (Å²) in [4.78, 5) is 27.5. The molecule has 0 bridgehead atoms. The summed E-state index contributed by atoms with van der Waals surface area (Å²) in [6, 6.07) is 5.22. The van der Waals surface area contributed by atoms with E-state index in [1.54, 1.807) is 35.0 Å². The fourth-order valence-electron chi connectivity index (χ4n) is 2.26. The van der Waals surface area contributed by atoms with Gasteiger partial charge in [-0.2, -0.15) is 0 Å². The molecule has 0 atom stereocenters.